The van der Waals surface area contributed by atoms with Gasteiger partial charge in [-0.3, -0.25) is 0 Å². The maximum absolute atomic E-state index is 11.4. The second kappa shape index (κ2) is 6.53. The Morgan fingerprint density at radius 2 is 1.89 bits per heavy atom. The molecule has 2 heterocycles. The van der Waals surface area contributed by atoms with E-state index in [0.29, 0.717) is 11.6 Å². The molecule has 0 spiro atoms. The molecule has 0 aliphatic rings. The largest absolute Gasteiger partial charge is 0.476 e. The number of hydrogen-bond acceptors (Lipinski definition) is 5. The molecule has 0 aliphatic heterocycles. The molecular weight excluding hydrogens is 344 g/mol. The molecule has 0 amide bonds. The number of para-hydroxylation sites is 1. The van der Waals surface area contributed by atoms with Gasteiger partial charge in [0.1, 0.15) is 5.69 Å². The highest BCUT2D eigenvalue weighted by molar-refractivity contribution is 5.87. The first-order valence-electron chi connectivity index (χ1n) is 8.33. The number of aromatic carboxylic acids is 1. The predicted molar refractivity (Wildman–Crippen MR) is 98.7 cm³/mol. The summed E-state index contributed by atoms with van der Waals surface area (Å²) in [4.78, 5) is 15.9. The van der Waals surface area contributed by atoms with Crippen LogP contribution in [0.25, 0.3) is 28.7 Å². The number of hydrogen-bond donors (Lipinski definition) is 1. The van der Waals surface area contributed by atoms with Crippen molar-refractivity contribution in [3.05, 3.63) is 71.4 Å². The lowest BCUT2D eigenvalue weighted by Crippen LogP contribution is -2.04. The van der Waals surface area contributed by atoms with Crippen molar-refractivity contribution in [3.8, 4) is 28.7 Å². The maximum atomic E-state index is 11.4. The molecule has 7 heteroatoms. The van der Waals surface area contributed by atoms with Crippen molar-refractivity contribution in [1.29, 1.82) is 0 Å². The molecule has 0 atom stereocenters. The van der Waals surface area contributed by atoms with Crippen molar-refractivity contribution >= 4 is 5.97 Å². The van der Waals surface area contributed by atoms with Gasteiger partial charge in [-0.15, -0.1) is 0 Å². The lowest BCUT2D eigenvalue weighted by Gasteiger charge is -2.07. The molecule has 0 unspecified atom stereocenters. The predicted octanol–water partition coefficient (Wildman–Crippen LogP) is 3.90. The molecule has 0 fully saturated rings. The third-order valence-electron chi connectivity index (χ3n) is 4.19. The first kappa shape index (κ1) is 16.7. The highest BCUT2D eigenvalue weighted by Crippen LogP contribution is 2.26. The van der Waals surface area contributed by atoms with E-state index >= 15 is 0 Å². The molecule has 134 valence electrons. The molecule has 0 bridgehead atoms. The summed E-state index contributed by atoms with van der Waals surface area (Å²) in [7, 11) is 0. The van der Waals surface area contributed by atoms with Gasteiger partial charge in [0.2, 0.25) is 5.82 Å². The van der Waals surface area contributed by atoms with E-state index < -0.39 is 5.97 Å². The van der Waals surface area contributed by atoms with Crippen LogP contribution in [-0.4, -0.2) is 31.0 Å². The van der Waals surface area contributed by atoms with Crippen LogP contribution >= 0.6 is 0 Å². The van der Waals surface area contributed by atoms with Gasteiger partial charge in [-0.25, -0.2) is 9.48 Å². The van der Waals surface area contributed by atoms with Crippen LogP contribution in [0.5, 0.6) is 0 Å². The smallest absolute Gasteiger partial charge is 0.356 e. The maximum Gasteiger partial charge on any atom is 0.356 e. The number of benzene rings is 2. The van der Waals surface area contributed by atoms with Gasteiger partial charge in [0.25, 0.3) is 5.89 Å². The normalized spacial score (nSPS) is 10.9. The first-order chi connectivity index (χ1) is 13.0. The molecule has 2 aromatic carbocycles. The fraction of sp³-hybridized carbons (Fsp3) is 0.100. The van der Waals surface area contributed by atoms with Crippen LogP contribution in [0, 0.1) is 13.8 Å². The van der Waals surface area contributed by atoms with E-state index in [2.05, 4.69) is 15.2 Å². The summed E-state index contributed by atoms with van der Waals surface area (Å²) >= 11 is 0. The Kier molecular flexibility index (Phi) is 4.04. The summed E-state index contributed by atoms with van der Waals surface area (Å²) in [6, 6.07) is 16.7. The van der Waals surface area contributed by atoms with E-state index in [-0.39, 0.29) is 11.5 Å². The summed E-state index contributed by atoms with van der Waals surface area (Å²) in [6.45, 7) is 3.91. The lowest BCUT2D eigenvalue weighted by molar-refractivity contribution is 0.0690. The number of rotatable bonds is 4. The van der Waals surface area contributed by atoms with Crippen LogP contribution in [0.3, 0.4) is 0 Å². The average molecular weight is 360 g/mol. The van der Waals surface area contributed by atoms with Crippen molar-refractivity contribution < 1.29 is 14.4 Å². The van der Waals surface area contributed by atoms with E-state index in [1.807, 2.05) is 62.4 Å². The molecule has 0 radical (unpaired) electrons. The molecule has 2 aromatic heterocycles. The molecule has 4 rings (SSSR count). The van der Waals surface area contributed by atoms with Crippen LogP contribution in [0.1, 0.15) is 21.6 Å². The molecule has 27 heavy (non-hydrogen) atoms. The summed E-state index contributed by atoms with van der Waals surface area (Å²) < 4.78 is 6.93. The molecular formula is C20H16N4O3. The van der Waals surface area contributed by atoms with E-state index in [0.717, 1.165) is 22.4 Å². The van der Waals surface area contributed by atoms with Crippen LogP contribution in [-0.2, 0) is 0 Å². The minimum atomic E-state index is -1.12. The number of carboxylic acid groups (broad SMARTS) is 1. The topological polar surface area (TPSA) is 94.0 Å². The summed E-state index contributed by atoms with van der Waals surface area (Å²) in [5.41, 5.74) is 3.93. The van der Waals surface area contributed by atoms with Gasteiger partial charge in [-0.05, 0) is 37.6 Å². The quantitative estimate of drug-likeness (QED) is 0.593. The molecule has 4 aromatic rings. The number of aryl methyl sites for hydroxylation is 2. The minimum absolute atomic E-state index is 0.0878. The summed E-state index contributed by atoms with van der Waals surface area (Å²) in [6.07, 6.45) is 0. The van der Waals surface area contributed by atoms with Crippen molar-refractivity contribution in [1.82, 2.24) is 19.9 Å². The van der Waals surface area contributed by atoms with Crippen LogP contribution < -0.4 is 0 Å². The number of carbonyl (C=O) groups is 1. The summed E-state index contributed by atoms with van der Waals surface area (Å²) in [5, 5.41) is 17.6. The molecule has 1 N–H and O–H groups in total. The Hall–Kier alpha value is -3.74. The van der Waals surface area contributed by atoms with Crippen molar-refractivity contribution in [3.63, 3.8) is 0 Å². The van der Waals surface area contributed by atoms with Gasteiger partial charge in [0, 0.05) is 11.6 Å². The molecule has 0 saturated carbocycles. The van der Waals surface area contributed by atoms with Gasteiger partial charge in [0.05, 0.1) is 5.69 Å². The van der Waals surface area contributed by atoms with Crippen LogP contribution in [0.15, 0.2) is 59.1 Å². The zero-order valence-corrected chi connectivity index (χ0v) is 14.7. The monoisotopic (exact) mass is 360 g/mol. The van der Waals surface area contributed by atoms with Crippen molar-refractivity contribution in [2.24, 2.45) is 0 Å². The first-order valence-corrected chi connectivity index (χ1v) is 8.33. The van der Waals surface area contributed by atoms with Gasteiger partial charge in [0.15, 0.2) is 5.69 Å². The zero-order valence-electron chi connectivity index (χ0n) is 14.7. The Morgan fingerprint density at radius 3 is 2.63 bits per heavy atom. The van der Waals surface area contributed by atoms with Gasteiger partial charge in [-0.1, -0.05) is 41.1 Å². The van der Waals surface area contributed by atoms with E-state index in [9.17, 15) is 9.90 Å². The minimum Gasteiger partial charge on any atom is -0.476 e. The fourth-order valence-electron chi connectivity index (χ4n) is 2.85. The second-order valence-corrected chi connectivity index (χ2v) is 6.21. The Morgan fingerprint density at radius 1 is 1.07 bits per heavy atom. The number of nitrogens with zero attached hydrogens (tertiary/aromatic N) is 4. The second-order valence-electron chi connectivity index (χ2n) is 6.21. The fourth-order valence-corrected chi connectivity index (χ4v) is 2.85. The summed E-state index contributed by atoms with van der Waals surface area (Å²) in [5.74, 6) is -0.483. The molecule has 7 nitrogen and oxygen atoms in total. The molecule has 0 aliphatic carbocycles. The van der Waals surface area contributed by atoms with Gasteiger partial charge < -0.3 is 9.63 Å². The van der Waals surface area contributed by atoms with Crippen LogP contribution in [0.2, 0.25) is 0 Å². The Bertz CT molecular complexity index is 1140. The SMILES string of the molecule is Cc1cccc(-c2nc(-c3cc(C(=O)O)nn3-c3ccccc3C)no2)c1. The Balaban J connectivity index is 1.85. The Labute approximate surface area is 154 Å². The molecule has 0 saturated heterocycles. The highest BCUT2D eigenvalue weighted by Gasteiger charge is 2.21. The number of aromatic nitrogens is 4. The van der Waals surface area contributed by atoms with Crippen molar-refractivity contribution in [2.45, 2.75) is 13.8 Å². The van der Waals surface area contributed by atoms with Crippen LogP contribution in [0.4, 0.5) is 0 Å². The van der Waals surface area contributed by atoms with E-state index in [4.69, 9.17) is 4.52 Å². The van der Waals surface area contributed by atoms with E-state index in [1.54, 1.807) is 0 Å². The van der Waals surface area contributed by atoms with Gasteiger partial charge >= 0.3 is 5.97 Å². The highest BCUT2D eigenvalue weighted by atomic mass is 16.5. The third kappa shape index (κ3) is 3.10. The lowest BCUT2D eigenvalue weighted by atomic mass is 10.1. The standard InChI is InChI=1S/C20H16N4O3/c1-12-6-5-8-14(10-12)19-21-18(23-27-19)17-11-15(20(25)26)22-24(17)16-9-4-3-7-13(16)2/h3-11H,1-2H3,(H,25,26). The third-order valence-corrected chi connectivity index (χ3v) is 4.19. The number of carboxylic acids is 1. The zero-order chi connectivity index (χ0) is 19.0. The van der Waals surface area contributed by atoms with E-state index in [1.165, 1.54) is 10.7 Å². The van der Waals surface area contributed by atoms with Gasteiger partial charge in [-0.2, -0.15) is 10.1 Å². The average Bonchev–Trinajstić information content (AvgIpc) is 3.29. The van der Waals surface area contributed by atoms with Crippen molar-refractivity contribution in [2.75, 3.05) is 0 Å².